The molecular formula is C24H21F2NO4. The molecule has 0 aromatic heterocycles. The number of carbonyl (C=O) groups excluding carboxylic acids is 1. The molecule has 1 N–H and O–H groups in total. The maximum absolute atomic E-state index is 13.3. The third kappa shape index (κ3) is 4.73. The summed E-state index contributed by atoms with van der Waals surface area (Å²) in [6.07, 6.45) is 0.00949. The Morgan fingerprint density at radius 1 is 0.968 bits per heavy atom. The minimum absolute atomic E-state index is 0.170. The van der Waals surface area contributed by atoms with Gasteiger partial charge in [0.1, 0.15) is 29.5 Å². The fourth-order valence-electron chi connectivity index (χ4n) is 3.70. The largest absolute Gasteiger partial charge is 0.429 e. The van der Waals surface area contributed by atoms with Crippen LogP contribution in [-0.2, 0) is 9.63 Å². The van der Waals surface area contributed by atoms with Gasteiger partial charge in [-0.1, -0.05) is 24.3 Å². The van der Waals surface area contributed by atoms with Crippen LogP contribution in [0.25, 0.3) is 0 Å². The van der Waals surface area contributed by atoms with E-state index >= 15 is 0 Å². The summed E-state index contributed by atoms with van der Waals surface area (Å²) >= 11 is 0. The van der Waals surface area contributed by atoms with Gasteiger partial charge in [0.2, 0.25) is 0 Å². The zero-order chi connectivity index (χ0) is 21.8. The van der Waals surface area contributed by atoms with Crippen LogP contribution in [-0.4, -0.2) is 17.7 Å². The number of hydroxylamine groups is 1. The SMILES string of the molecule is O=COc1ccc(C2[C@@H](CCC(O)c3ccc(F)cc3)ON2c2ccc(F)cc2)cc1. The van der Waals surface area contributed by atoms with Gasteiger partial charge in [-0.05, 0) is 72.5 Å². The standard InChI is InChI=1S/C24H21F2NO4/c25-18-5-1-16(2-6-18)22(29)13-14-23-24(17-3-11-21(12-4-17)30-15-28)27(31-23)20-9-7-19(26)8-10-20/h1-12,15,22-24,29H,13-14H2/t22?,23-,24?/m1/s1. The molecule has 4 rings (SSSR count). The monoisotopic (exact) mass is 425 g/mol. The number of aliphatic hydroxyl groups excluding tert-OH is 1. The van der Waals surface area contributed by atoms with Gasteiger partial charge in [-0.2, -0.15) is 0 Å². The molecule has 0 saturated carbocycles. The van der Waals surface area contributed by atoms with Crippen LogP contribution in [0.3, 0.4) is 0 Å². The Labute approximate surface area is 178 Å². The molecule has 160 valence electrons. The second-order valence-electron chi connectivity index (χ2n) is 7.32. The zero-order valence-electron chi connectivity index (χ0n) is 16.5. The van der Waals surface area contributed by atoms with Crippen molar-refractivity contribution in [3.63, 3.8) is 0 Å². The third-order valence-corrected chi connectivity index (χ3v) is 5.32. The summed E-state index contributed by atoms with van der Waals surface area (Å²) in [5.41, 5.74) is 2.27. The Hall–Kier alpha value is -3.29. The number of aliphatic hydroxyl groups is 1. The van der Waals surface area contributed by atoms with Crippen molar-refractivity contribution in [1.82, 2.24) is 0 Å². The van der Waals surface area contributed by atoms with Crippen molar-refractivity contribution in [1.29, 1.82) is 0 Å². The van der Waals surface area contributed by atoms with E-state index in [9.17, 15) is 18.7 Å². The number of hydrogen-bond donors (Lipinski definition) is 1. The molecule has 5 nitrogen and oxygen atoms in total. The number of rotatable bonds is 8. The number of halogens is 2. The van der Waals surface area contributed by atoms with Crippen LogP contribution < -0.4 is 9.80 Å². The van der Waals surface area contributed by atoms with Gasteiger partial charge in [0, 0.05) is 0 Å². The second-order valence-corrected chi connectivity index (χ2v) is 7.32. The van der Waals surface area contributed by atoms with E-state index in [0.717, 1.165) is 5.56 Å². The van der Waals surface area contributed by atoms with Crippen LogP contribution >= 0.6 is 0 Å². The normalized spacial score (nSPS) is 18.9. The number of nitrogens with zero attached hydrogens (tertiary/aromatic N) is 1. The van der Waals surface area contributed by atoms with Crippen molar-refractivity contribution >= 4 is 12.2 Å². The lowest BCUT2D eigenvalue weighted by Gasteiger charge is -2.48. The molecule has 0 aliphatic carbocycles. The van der Waals surface area contributed by atoms with E-state index in [-0.39, 0.29) is 23.8 Å². The Morgan fingerprint density at radius 3 is 2.19 bits per heavy atom. The number of ether oxygens (including phenoxy) is 1. The van der Waals surface area contributed by atoms with Crippen molar-refractivity contribution < 1.29 is 28.3 Å². The van der Waals surface area contributed by atoms with Crippen molar-refractivity contribution in [2.75, 3.05) is 5.06 Å². The highest BCUT2D eigenvalue weighted by atomic mass is 19.1. The van der Waals surface area contributed by atoms with Gasteiger partial charge >= 0.3 is 0 Å². The van der Waals surface area contributed by atoms with Gasteiger partial charge in [-0.15, -0.1) is 0 Å². The highest BCUT2D eigenvalue weighted by Crippen LogP contribution is 2.43. The van der Waals surface area contributed by atoms with Gasteiger partial charge in [0.15, 0.2) is 0 Å². The van der Waals surface area contributed by atoms with E-state index in [1.165, 1.54) is 24.3 Å². The lowest BCUT2D eigenvalue weighted by molar-refractivity contribution is -0.120. The molecule has 0 bridgehead atoms. The third-order valence-electron chi connectivity index (χ3n) is 5.32. The average Bonchev–Trinajstić information content (AvgIpc) is 2.76. The van der Waals surface area contributed by atoms with Crippen LogP contribution in [0.1, 0.15) is 36.1 Å². The summed E-state index contributed by atoms with van der Waals surface area (Å²) in [6, 6.07) is 18.7. The molecule has 1 saturated heterocycles. The second kappa shape index (κ2) is 9.24. The minimum atomic E-state index is -0.743. The fourth-order valence-corrected chi connectivity index (χ4v) is 3.70. The van der Waals surface area contributed by atoms with E-state index in [4.69, 9.17) is 9.57 Å². The van der Waals surface area contributed by atoms with Gasteiger partial charge in [-0.3, -0.25) is 9.63 Å². The molecule has 3 aromatic carbocycles. The van der Waals surface area contributed by atoms with Crippen molar-refractivity contribution in [3.05, 3.63) is 95.6 Å². The summed E-state index contributed by atoms with van der Waals surface area (Å²) in [4.78, 5) is 16.5. The van der Waals surface area contributed by atoms with Gasteiger partial charge in [0.25, 0.3) is 6.47 Å². The lowest BCUT2D eigenvalue weighted by atomic mass is 9.92. The molecular weight excluding hydrogens is 404 g/mol. The lowest BCUT2D eigenvalue weighted by Crippen LogP contribution is -2.51. The number of carbonyl (C=O) groups is 1. The van der Waals surface area contributed by atoms with Crippen LogP contribution in [0.5, 0.6) is 5.75 Å². The summed E-state index contributed by atoms with van der Waals surface area (Å²) < 4.78 is 31.3. The molecule has 1 aliphatic heterocycles. The van der Waals surface area contributed by atoms with Crippen molar-refractivity contribution in [2.24, 2.45) is 0 Å². The molecule has 0 radical (unpaired) electrons. The first-order chi connectivity index (χ1) is 15.0. The predicted molar refractivity (Wildman–Crippen MR) is 110 cm³/mol. The topological polar surface area (TPSA) is 59.0 Å². The highest BCUT2D eigenvalue weighted by molar-refractivity contribution is 5.50. The summed E-state index contributed by atoms with van der Waals surface area (Å²) in [6.45, 7) is 0.367. The smallest absolute Gasteiger partial charge is 0.298 e. The molecule has 3 atom stereocenters. The molecule has 0 amide bonds. The van der Waals surface area contributed by atoms with E-state index in [1.54, 1.807) is 41.5 Å². The molecule has 1 heterocycles. The Morgan fingerprint density at radius 2 is 1.58 bits per heavy atom. The molecule has 31 heavy (non-hydrogen) atoms. The van der Waals surface area contributed by atoms with Gasteiger partial charge < -0.3 is 9.84 Å². The fraction of sp³-hybridized carbons (Fsp3) is 0.208. The molecule has 0 spiro atoms. The van der Waals surface area contributed by atoms with E-state index in [1.807, 2.05) is 12.1 Å². The van der Waals surface area contributed by atoms with E-state index < -0.39 is 6.10 Å². The van der Waals surface area contributed by atoms with Crippen LogP contribution in [0, 0.1) is 11.6 Å². The van der Waals surface area contributed by atoms with Gasteiger partial charge in [0.05, 0.1) is 11.8 Å². The number of benzene rings is 3. The highest BCUT2D eigenvalue weighted by Gasteiger charge is 2.42. The molecule has 7 heteroatoms. The first kappa shape index (κ1) is 21.0. The average molecular weight is 425 g/mol. The van der Waals surface area contributed by atoms with E-state index in [2.05, 4.69) is 0 Å². The molecule has 1 fully saturated rings. The summed E-state index contributed by atoms with van der Waals surface area (Å²) in [5.74, 6) is -0.263. The Balaban J connectivity index is 1.50. The van der Waals surface area contributed by atoms with Crippen LogP contribution in [0.2, 0.25) is 0 Å². The zero-order valence-corrected chi connectivity index (χ0v) is 16.5. The summed E-state index contributed by atoms with van der Waals surface area (Å²) in [7, 11) is 0. The van der Waals surface area contributed by atoms with Crippen LogP contribution in [0.4, 0.5) is 14.5 Å². The first-order valence-corrected chi connectivity index (χ1v) is 9.90. The number of hydrogen-bond acceptors (Lipinski definition) is 5. The van der Waals surface area contributed by atoms with Crippen molar-refractivity contribution in [3.8, 4) is 5.75 Å². The van der Waals surface area contributed by atoms with Gasteiger partial charge in [-0.25, -0.2) is 13.8 Å². The molecule has 1 aliphatic rings. The van der Waals surface area contributed by atoms with E-state index in [0.29, 0.717) is 36.3 Å². The Kier molecular flexibility index (Phi) is 6.25. The Bertz CT molecular complexity index is 1010. The number of anilines is 1. The first-order valence-electron chi connectivity index (χ1n) is 9.90. The molecule has 3 aromatic rings. The molecule has 2 unspecified atom stereocenters. The maximum atomic E-state index is 13.3. The minimum Gasteiger partial charge on any atom is -0.429 e. The summed E-state index contributed by atoms with van der Waals surface area (Å²) in [5, 5.41) is 12.2. The quantitative estimate of drug-likeness (QED) is 0.522. The van der Waals surface area contributed by atoms with Crippen LogP contribution in [0.15, 0.2) is 72.8 Å². The van der Waals surface area contributed by atoms with Crippen molar-refractivity contribution in [2.45, 2.75) is 31.1 Å². The predicted octanol–water partition coefficient (Wildman–Crippen LogP) is 4.88. The maximum Gasteiger partial charge on any atom is 0.298 e.